The zero-order valence-electron chi connectivity index (χ0n) is 11.4. The summed E-state index contributed by atoms with van der Waals surface area (Å²) in [5, 5.41) is 6.29. The van der Waals surface area contributed by atoms with Crippen molar-refractivity contribution in [1.82, 2.24) is 10.6 Å². The molecule has 20 heavy (non-hydrogen) atoms. The van der Waals surface area contributed by atoms with Gasteiger partial charge in [0.05, 0.1) is 4.47 Å². The lowest BCUT2D eigenvalue weighted by Crippen LogP contribution is -2.49. The fourth-order valence-corrected chi connectivity index (χ4v) is 2.46. The third kappa shape index (κ3) is 4.96. The van der Waals surface area contributed by atoms with Gasteiger partial charge in [-0.3, -0.25) is 4.79 Å². The van der Waals surface area contributed by atoms with E-state index in [1.165, 1.54) is 0 Å². The fourth-order valence-electron chi connectivity index (χ4n) is 2.08. The minimum Gasteiger partial charge on any atom is -0.480 e. The Kier molecular flexibility index (Phi) is 7.34. The fraction of sp³-hybridized carbons (Fsp3) is 0.500. The van der Waals surface area contributed by atoms with Gasteiger partial charge in [0.1, 0.15) is 5.75 Å². The van der Waals surface area contributed by atoms with Gasteiger partial charge in [0.15, 0.2) is 6.10 Å². The highest BCUT2D eigenvalue weighted by Crippen LogP contribution is 2.24. The van der Waals surface area contributed by atoms with Crippen LogP contribution in [0.2, 0.25) is 0 Å². The average Bonchev–Trinajstić information content (AvgIpc) is 2.42. The van der Waals surface area contributed by atoms with Crippen molar-refractivity contribution in [3.05, 3.63) is 28.7 Å². The van der Waals surface area contributed by atoms with E-state index in [2.05, 4.69) is 26.6 Å². The number of nitrogens with one attached hydrogen (secondary N) is 2. The Morgan fingerprint density at radius 2 is 2.25 bits per heavy atom. The summed E-state index contributed by atoms with van der Waals surface area (Å²) in [6.07, 6.45) is 1.63. The summed E-state index contributed by atoms with van der Waals surface area (Å²) in [5.74, 6) is 0.622. The van der Waals surface area contributed by atoms with E-state index < -0.39 is 6.10 Å². The van der Waals surface area contributed by atoms with Crippen LogP contribution in [0.15, 0.2) is 28.7 Å². The van der Waals surface area contributed by atoms with Crippen LogP contribution in [0.25, 0.3) is 0 Å². The molecule has 2 rings (SSSR count). The van der Waals surface area contributed by atoms with E-state index in [0.717, 1.165) is 30.4 Å². The molecule has 1 aromatic carbocycles. The van der Waals surface area contributed by atoms with Crippen LogP contribution in [0, 0.1) is 0 Å². The van der Waals surface area contributed by atoms with Crippen molar-refractivity contribution in [2.24, 2.45) is 0 Å². The van der Waals surface area contributed by atoms with Crippen LogP contribution in [-0.2, 0) is 4.79 Å². The van der Waals surface area contributed by atoms with Gasteiger partial charge in [0.25, 0.3) is 5.91 Å². The number of halogens is 2. The van der Waals surface area contributed by atoms with Crippen molar-refractivity contribution >= 4 is 34.2 Å². The molecule has 112 valence electrons. The summed E-state index contributed by atoms with van der Waals surface area (Å²) in [4.78, 5) is 12.0. The summed E-state index contributed by atoms with van der Waals surface area (Å²) < 4.78 is 6.52. The topological polar surface area (TPSA) is 50.4 Å². The maximum Gasteiger partial charge on any atom is 0.261 e. The van der Waals surface area contributed by atoms with Gasteiger partial charge in [-0.05, 0) is 54.4 Å². The number of benzene rings is 1. The highest BCUT2D eigenvalue weighted by atomic mass is 79.9. The molecule has 1 amide bonds. The van der Waals surface area contributed by atoms with Gasteiger partial charge in [-0.2, -0.15) is 0 Å². The molecular weight excluding hydrogens is 344 g/mol. The van der Waals surface area contributed by atoms with E-state index in [4.69, 9.17) is 4.74 Å². The van der Waals surface area contributed by atoms with Crippen LogP contribution >= 0.6 is 28.3 Å². The molecule has 0 aromatic heterocycles. The van der Waals surface area contributed by atoms with Gasteiger partial charge < -0.3 is 15.4 Å². The SMILES string of the molecule is CC(Oc1ccccc1Br)C(=O)NC1CCCNC1.Cl. The number of para-hydroxylation sites is 1. The first-order valence-corrected chi connectivity index (χ1v) is 7.38. The van der Waals surface area contributed by atoms with E-state index in [9.17, 15) is 4.79 Å². The normalized spacial score (nSPS) is 19.6. The van der Waals surface area contributed by atoms with Crippen molar-refractivity contribution < 1.29 is 9.53 Å². The lowest BCUT2D eigenvalue weighted by atomic mass is 10.1. The number of piperidine rings is 1. The number of rotatable bonds is 4. The second-order valence-corrected chi connectivity index (χ2v) is 5.60. The Morgan fingerprint density at radius 3 is 2.90 bits per heavy atom. The molecule has 0 aliphatic carbocycles. The van der Waals surface area contributed by atoms with Crippen molar-refractivity contribution in [2.75, 3.05) is 13.1 Å². The van der Waals surface area contributed by atoms with Gasteiger partial charge >= 0.3 is 0 Å². The standard InChI is InChI=1S/C14H19BrN2O2.ClH/c1-10(19-13-7-3-2-6-12(13)15)14(18)17-11-5-4-8-16-9-11;/h2-3,6-7,10-11,16H,4-5,8-9H2,1H3,(H,17,18);1H. The second-order valence-electron chi connectivity index (χ2n) is 4.74. The number of hydrogen-bond acceptors (Lipinski definition) is 3. The predicted octanol–water partition coefficient (Wildman–Crippen LogP) is 2.51. The summed E-state index contributed by atoms with van der Waals surface area (Å²) in [6, 6.07) is 7.75. The Morgan fingerprint density at radius 1 is 1.50 bits per heavy atom. The molecule has 1 aromatic rings. The van der Waals surface area contributed by atoms with Crippen LogP contribution in [0.5, 0.6) is 5.75 Å². The molecule has 2 N–H and O–H groups in total. The van der Waals surface area contributed by atoms with Crippen molar-refractivity contribution in [1.29, 1.82) is 0 Å². The molecule has 1 aliphatic heterocycles. The van der Waals surface area contributed by atoms with Crippen LogP contribution in [0.4, 0.5) is 0 Å². The molecule has 0 radical (unpaired) electrons. The highest BCUT2D eigenvalue weighted by Gasteiger charge is 2.20. The van der Waals surface area contributed by atoms with Gasteiger partial charge in [0, 0.05) is 12.6 Å². The Balaban J connectivity index is 0.00000200. The quantitative estimate of drug-likeness (QED) is 0.864. The first kappa shape index (κ1) is 17.3. The lowest BCUT2D eigenvalue weighted by molar-refractivity contribution is -0.128. The predicted molar refractivity (Wildman–Crippen MR) is 85.5 cm³/mol. The number of amides is 1. The maximum absolute atomic E-state index is 12.0. The molecule has 2 unspecified atom stereocenters. The third-order valence-electron chi connectivity index (χ3n) is 3.15. The molecule has 1 heterocycles. The van der Waals surface area contributed by atoms with Gasteiger partial charge in [0.2, 0.25) is 0 Å². The summed E-state index contributed by atoms with van der Waals surface area (Å²) in [5.41, 5.74) is 0. The van der Waals surface area contributed by atoms with E-state index in [0.29, 0.717) is 5.75 Å². The second kappa shape index (κ2) is 8.49. The first-order valence-electron chi connectivity index (χ1n) is 6.59. The summed E-state index contributed by atoms with van der Waals surface area (Å²) >= 11 is 3.41. The third-order valence-corrected chi connectivity index (χ3v) is 3.81. The average molecular weight is 364 g/mol. The van der Waals surface area contributed by atoms with Crippen LogP contribution in [0.3, 0.4) is 0 Å². The number of ether oxygens (including phenoxy) is 1. The van der Waals surface area contributed by atoms with Crippen molar-refractivity contribution in [2.45, 2.75) is 31.9 Å². The number of carbonyl (C=O) groups is 1. The molecule has 1 aliphatic rings. The van der Waals surface area contributed by atoms with Crippen LogP contribution in [0.1, 0.15) is 19.8 Å². The molecule has 6 heteroatoms. The molecule has 0 saturated carbocycles. The zero-order valence-corrected chi connectivity index (χ0v) is 13.8. The smallest absolute Gasteiger partial charge is 0.261 e. The molecule has 2 atom stereocenters. The Hall–Kier alpha value is -0.780. The maximum atomic E-state index is 12.0. The van der Waals surface area contributed by atoms with Crippen molar-refractivity contribution in [3.63, 3.8) is 0 Å². The molecule has 0 bridgehead atoms. The number of carbonyl (C=O) groups excluding carboxylic acids is 1. The number of hydrogen-bond donors (Lipinski definition) is 2. The molecule has 1 fully saturated rings. The summed E-state index contributed by atoms with van der Waals surface area (Å²) in [7, 11) is 0. The van der Waals surface area contributed by atoms with Crippen molar-refractivity contribution in [3.8, 4) is 5.75 Å². The summed E-state index contributed by atoms with van der Waals surface area (Å²) in [6.45, 7) is 3.65. The van der Waals surface area contributed by atoms with E-state index >= 15 is 0 Å². The van der Waals surface area contributed by atoms with Crippen LogP contribution in [-0.4, -0.2) is 31.1 Å². The zero-order chi connectivity index (χ0) is 13.7. The van der Waals surface area contributed by atoms with E-state index in [1.807, 2.05) is 24.3 Å². The van der Waals surface area contributed by atoms with Gasteiger partial charge in [-0.1, -0.05) is 12.1 Å². The molecule has 4 nitrogen and oxygen atoms in total. The van der Waals surface area contributed by atoms with E-state index in [-0.39, 0.29) is 24.4 Å². The molecule has 1 saturated heterocycles. The monoisotopic (exact) mass is 362 g/mol. The Labute approximate surface area is 134 Å². The highest BCUT2D eigenvalue weighted by molar-refractivity contribution is 9.10. The minimum atomic E-state index is -0.499. The van der Waals surface area contributed by atoms with Crippen LogP contribution < -0.4 is 15.4 Å². The first-order chi connectivity index (χ1) is 9.16. The minimum absolute atomic E-state index is 0. The van der Waals surface area contributed by atoms with E-state index in [1.54, 1.807) is 6.92 Å². The van der Waals surface area contributed by atoms with Gasteiger partial charge in [-0.15, -0.1) is 12.4 Å². The molecular formula is C14H20BrClN2O2. The largest absolute Gasteiger partial charge is 0.480 e. The lowest BCUT2D eigenvalue weighted by Gasteiger charge is -2.25. The van der Waals surface area contributed by atoms with Gasteiger partial charge in [-0.25, -0.2) is 0 Å². The molecule has 0 spiro atoms. The Bertz CT molecular complexity index is 439.